The topological polar surface area (TPSA) is 34.1 Å². The van der Waals surface area contributed by atoms with Crippen LogP contribution in [-0.2, 0) is 6.42 Å². The van der Waals surface area contributed by atoms with E-state index in [-0.39, 0.29) is 6.04 Å². The van der Waals surface area contributed by atoms with Gasteiger partial charge >= 0.3 is 0 Å². The van der Waals surface area contributed by atoms with E-state index >= 15 is 0 Å². The molecule has 110 valence electrons. The third-order valence-corrected chi connectivity index (χ3v) is 4.27. The molecule has 2 aromatic rings. The number of rotatable bonds is 3. The van der Waals surface area contributed by atoms with Crippen LogP contribution in [0.2, 0.25) is 5.15 Å². The lowest BCUT2D eigenvalue weighted by Crippen LogP contribution is -2.17. The SMILES string of the molecule is COc1ccc2c(c1)CCCC2Nc1cc(C)cnc1Cl. The standard InChI is InChI=1S/C17H19ClN2O/c1-11-8-16(17(18)19-10-11)20-15-5-3-4-12-9-13(21-2)6-7-14(12)15/h6-10,15,20H,3-5H2,1-2H3. The van der Waals surface area contributed by atoms with Crippen LogP contribution in [0.25, 0.3) is 0 Å². The van der Waals surface area contributed by atoms with E-state index in [1.165, 1.54) is 11.1 Å². The van der Waals surface area contributed by atoms with Gasteiger partial charge in [0, 0.05) is 6.20 Å². The molecule has 0 aliphatic heterocycles. The minimum Gasteiger partial charge on any atom is -0.497 e. The number of aromatic nitrogens is 1. The van der Waals surface area contributed by atoms with E-state index in [1.807, 2.05) is 19.1 Å². The summed E-state index contributed by atoms with van der Waals surface area (Å²) in [4.78, 5) is 4.21. The van der Waals surface area contributed by atoms with E-state index in [0.717, 1.165) is 36.3 Å². The van der Waals surface area contributed by atoms with Crippen LogP contribution >= 0.6 is 11.6 Å². The van der Waals surface area contributed by atoms with Crippen molar-refractivity contribution in [3.05, 3.63) is 52.3 Å². The Bertz CT molecular complexity index is 657. The van der Waals surface area contributed by atoms with Gasteiger partial charge in [-0.05, 0) is 61.1 Å². The summed E-state index contributed by atoms with van der Waals surface area (Å²) in [5.41, 5.74) is 4.70. The summed E-state index contributed by atoms with van der Waals surface area (Å²) in [5, 5.41) is 4.08. The number of pyridine rings is 1. The van der Waals surface area contributed by atoms with Crippen LogP contribution in [0.15, 0.2) is 30.5 Å². The molecule has 0 saturated heterocycles. The number of fused-ring (bicyclic) bond motifs is 1. The molecular formula is C17H19ClN2O. The van der Waals surface area contributed by atoms with E-state index in [1.54, 1.807) is 13.3 Å². The zero-order chi connectivity index (χ0) is 14.8. The van der Waals surface area contributed by atoms with Crippen molar-refractivity contribution in [2.75, 3.05) is 12.4 Å². The van der Waals surface area contributed by atoms with Crippen molar-refractivity contribution < 1.29 is 4.74 Å². The summed E-state index contributed by atoms with van der Waals surface area (Å²) < 4.78 is 5.32. The van der Waals surface area contributed by atoms with Gasteiger partial charge in [-0.3, -0.25) is 0 Å². The molecule has 0 fully saturated rings. The number of hydrogen-bond donors (Lipinski definition) is 1. The van der Waals surface area contributed by atoms with Crippen molar-refractivity contribution >= 4 is 17.3 Å². The Labute approximate surface area is 130 Å². The van der Waals surface area contributed by atoms with Crippen molar-refractivity contribution in [1.82, 2.24) is 4.98 Å². The Balaban J connectivity index is 1.90. The first-order valence-corrected chi connectivity index (χ1v) is 7.60. The zero-order valence-electron chi connectivity index (χ0n) is 12.3. The fourth-order valence-corrected chi connectivity index (χ4v) is 3.07. The largest absolute Gasteiger partial charge is 0.497 e. The van der Waals surface area contributed by atoms with Crippen molar-refractivity contribution in [3.8, 4) is 5.75 Å². The van der Waals surface area contributed by atoms with Gasteiger partial charge in [0.15, 0.2) is 5.15 Å². The summed E-state index contributed by atoms with van der Waals surface area (Å²) in [6.45, 7) is 2.02. The third kappa shape index (κ3) is 2.98. The summed E-state index contributed by atoms with van der Waals surface area (Å²) in [5.74, 6) is 0.921. The quantitative estimate of drug-likeness (QED) is 0.845. The summed E-state index contributed by atoms with van der Waals surface area (Å²) in [6.07, 6.45) is 5.15. The van der Waals surface area contributed by atoms with Gasteiger partial charge < -0.3 is 10.1 Å². The van der Waals surface area contributed by atoms with Crippen LogP contribution in [-0.4, -0.2) is 12.1 Å². The smallest absolute Gasteiger partial charge is 0.152 e. The van der Waals surface area contributed by atoms with Crippen LogP contribution in [0.3, 0.4) is 0 Å². The molecule has 1 atom stereocenters. The molecule has 1 heterocycles. The minimum atomic E-state index is 0.278. The van der Waals surface area contributed by atoms with Gasteiger partial charge in [-0.25, -0.2) is 4.98 Å². The Morgan fingerprint density at radius 1 is 1.33 bits per heavy atom. The lowest BCUT2D eigenvalue weighted by Gasteiger charge is -2.28. The molecule has 3 nitrogen and oxygen atoms in total. The number of ether oxygens (including phenoxy) is 1. The second-order valence-electron chi connectivity index (χ2n) is 5.50. The Hall–Kier alpha value is -1.74. The van der Waals surface area contributed by atoms with Gasteiger partial charge in [-0.15, -0.1) is 0 Å². The molecule has 1 aliphatic rings. The maximum atomic E-state index is 6.20. The molecule has 1 aromatic carbocycles. The maximum Gasteiger partial charge on any atom is 0.152 e. The Morgan fingerprint density at radius 2 is 2.19 bits per heavy atom. The van der Waals surface area contributed by atoms with Crippen LogP contribution in [0.4, 0.5) is 5.69 Å². The first-order valence-electron chi connectivity index (χ1n) is 7.23. The van der Waals surface area contributed by atoms with Crippen LogP contribution in [0.5, 0.6) is 5.75 Å². The highest BCUT2D eigenvalue weighted by molar-refractivity contribution is 6.32. The molecule has 0 saturated carbocycles. The zero-order valence-corrected chi connectivity index (χ0v) is 13.1. The number of methoxy groups -OCH3 is 1. The molecule has 21 heavy (non-hydrogen) atoms. The second-order valence-corrected chi connectivity index (χ2v) is 5.86. The Morgan fingerprint density at radius 3 is 3.00 bits per heavy atom. The number of benzene rings is 1. The minimum absolute atomic E-state index is 0.278. The van der Waals surface area contributed by atoms with Crippen LogP contribution in [0, 0.1) is 6.92 Å². The summed E-state index contributed by atoms with van der Waals surface area (Å²) >= 11 is 6.20. The third-order valence-electron chi connectivity index (χ3n) is 3.97. The lowest BCUT2D eigenvalue weighted by molar-refractivity contribution is 0.413. The van der Waals surface area contributed by atoms with E-state index < -0.39 is 0 Å². The summed E-state index contributed by atoms with van der Waals surface area (Å²) in [7, 11) is 1.71. The van der Waals surface area contributed by atoms with Gasteiger partial charge in [-0.2, -0.15) is 0 Å². The molecule has 1 N–H and O–H groups in total. The van der Waals surface area contributed by atoms with Crippen molar-refractivity contribution in [3.63, 3.8) is 0 Å². The van der Waals surface area contributed by atoms with Crippen LogP contribution < -0.4 is 10.1 Å². The molecule has 0 amide bonds. The van der Waals surface area contributed by atoms with Crippen molar-refractivity contribution in [1.29, 1.82) is 0 Å². The number of nitrogens with zero attached hydrogens (tertiary/aromatic N) is 1. The Kier molecular flexibility index (Phi) is 4.02. The predicted molar refractivity (Wildman–Crippen MR) is 86.3 cm³/mol. The fourth-order valence-electron chi connectivity index (χ4n) is 2.91. The monoisotopic (exact) mass is 302 g/mol. The van der Waals surface area contributed by atoms with E-state index in [4.69, 9.17) is 16.3 Å². The van der Waals surface area contributed by atoms with E-state index in [2.05, 4.69) is 22.4 Å². The highest BCUT2D eigenvalue weighted by Gasteiger charge is 2.21. The van der Waals surface area contributed by atoms with Crippen molar-refractivity contribution in [2.45, 2.75) is 32.2 Å². The highest BCUT2D eigenvalue weighted by Crippen LogP contribution is 2.35. The molecule has 0 bridgehead atoms. The average Bonchev–Trinajstić information content (AvgIpc) is 2.50. The predicted octanol–water partition coefficient (Wildman–Crippen LogP) is 4.54. The molecule has 0 spiro atoms. The van der Waals surface area contributed by atoms with Crippen LogP contribution in [0.1, 0.15) is 35.6 Å². The first kappa shape index (κ1) is 14.2. The number of hydrogen-bond acceptors (Lipinski definition) is 3. The molecule has 1 aromatic heterocycles. The molecule has 0 radical (unpaired) electrons. The average molecular weight is 303 g/mol. The van der Waals surface area contributed by atoms with Gasteiger partial charge in [0.25, 0.3) is 0 Å². The fraction of sp³-hybridized carbons (Fsp3) is 0.353. The highest BCUT2D eigenvalue weighted by atomic mass is 35.5. The number of aryl methyl sites for hydroxylation is 2. The van der Waals surface area contributed by atoms with E-state index in [9.17, 15) is 0 Å². The summed E-state index contributed by atoms with van der Waals surface area (Å²) in [6, 6.07) is 8.64. The van der Waals surface area contributed by atoms with Gasteiger partial charge in [0.05, 0.1) is 18.8 Å². The lowest BCUT2D eigenvalue weighted by atomic mass is 9.87. The normalized spacial score (nSPS) is 17.2. The van der Waals surface area contributed by atoms with Gasteiger partial charge in [0.2, 0.25) is 0 Å². The van der Waals surface area contributed by atoms with Crippen molar-refractivity contribution in [2.24, 2.45) is 0 Å². The molecule has 3 rings (SSSR count). The molecule has 4 heteroatoms. The van der Waals surface area contributed by atoms with E-state index in [0.29, 0.717) is 5.15 Å². The number of halogens is 1. The molecule has 1 aliphatic carbocycles. The number of anilines is 1. The second kappa shape index (κ2) is 5.94. The first-order chi connectivity index (χ1) is 10.2. The van der Waals surface area contributed by atoms with Gasteiger partial charge in [0.1, 0.15) is 5.75 Å². The van der Waals surface area contributed by atoms with Gasteiger partial charge in [-0.1, -0.05) is 17.7 Å². The molecule has 1 unspecified atom stereocenters. The molecular weight excluding hydrogens is 284 g/mol. The maximum absolute atomic E-state index is 6.20. The number of nitrogens with one attached hydrogen (secondary N) is 1.